The van der Waals surface area contributed by atoms with Gasteiger partial charge in [0.25, 0.3) is 5.56 Å². The number of rotatable bonds is 7. The standard InChI is InChI=1S/C29H32N4O7/c1-2-29(36)21-11-23-26-19(14-33(23)27(34)20(21)15-38-28(29)35)18(13-30-4-3-5-32-6-8-37-9-7-32)17-10-24-25(40-16-39-24)12-22(17)31-26/h10-12,30,36H,2-9,13-16H2,1H3/t29-/m0/s1. The van der Waals surface area contributed by atoms with Gasteiger partial charge < -0.3 is 33.9 Å². The number of morpholine rings is 1. The summed E-state index contributed by atoms with van der Waals surface area (Å²) in [7, 11) is 0. The van der Waals surface area contributed by atoms with Crippen LogP contribution in [-0.2, 0) is 39.6 Å². The van der Waals surface area contributed by atoms with Gasteiger partial charge in [-0.3, -0.25) is 9.69 Å². The maximum Gasteiger partial charge on any atom is 0.343 e. The van der Waals surface area contributed by atoms with E-state index in [-0.39, 0.29) is 25.4 Å². The molecule has 210 valence electrons. The third-order valence-electron chi connectivity index (χ3n) is 8.53. The molecular weight excluding hydrogens is 516 g/mol. The molecule has 0 spiro atoms. The van der Waals surface area contributed by atoms with E-state index in [1.54, 1.807) is 17.6 Å². The van der Waals surface area contributed by atoms with Gasteiger partial charge in [0.2, 0.25) is 6.79 Å². The summed E-state index contributed by atoms with van der Waals surface area (Å²) in [6.07, 6.45) is 1.11. The van der Waals surface area contributed by atoms with Crippen LogP contribution in [0.3, 0.4) is 0 Å². The maximum atomic E-state index is 13.7. The summed E-state index contributed by atoms with van der Waals surface area (Å²) in [5.41, 5.74) is 2.48. The lowest BCUT2D eigenvalue weighted by Gasteiger charge is -2.31. The Labute approximate surface area is 230 Å². The average Bonchev–Trinajstić information content (AvgIpc) is 3.58. The molecule has 40 heavy (non-hydrogen) atoms. The predicted molar refractivity (Wildman–Crippen MR) is 144 cm³/mol. The lowest BCUT2D eigenvalue weighted by Crippen LogP contribution is -2.44. The van der Waals surface area contributed by atoms with Crippen LogP contribution in [0, 0.1) is 0 Å². The van der Waals surface area contributed by atoms with E-state index in [4.69, 9.17) is 23.9 Å². The molecule has 0 unspecified atom stereocenters. The molecule has 1 atom stereocenters. The van der Waals surface area contributed by atoms with Gasteiger partial charge in [-0.05, 0) is 43.6 Å². The molecule has 7 rings (SSSR count). The third kappa shape index (κ3) is 3.99. The number of benzene rings is 1. The van der Waals surface area contributed by atoms with E-state index >= 15 is 0 Å². The summed E-state index contributed by atoms with van der Waals surface area (Å²) < 4.78 is 23.6. The number of aromatic nitrogens is 2. The molecule has 4 aliphatic rings. The van der Waals surface area contributed by atoms with Gasteiger partial charge in [0.15, 0.2) is 17.1 Å². The zero-order chi connectivity index (χ0) is 27.4. The van der Waals surface area contributed by atoms with Gasteiger partial charge in [-0.2, -0.15) is 0 Å². The number of carbonyl (C=O) groups excluding carboxylic acids is 1. The van der Waals surface area contributed by atoms with Crippen LogP contribution in [-0.4, -0.2) is 71.7 Å². The van der Waals surface area contributed by atoms with E-state index in [0.717, 1.165) is 67.8 Å². The molecule has 11 nitrogen and oxygen atoms in total. The molecule has 0 bridgehead atoms. The Morgan fingerprint density at radius 3 is 2.67 bits per heavy atom. The van der Waals surface area contributed by atoms with Crippen LogP contribution in [0.4, 0.5) is 0 Å². The van der Waals surface area contributed by atoms with Crippen LogP contribution in [0.15, 0.2) is 23.0 Å². The fraction of sp³-hybridized carbons (Fsp3) is 0.483. The Balaban J connectivity index is 1.27. The van der Waals surface area contributed by atoms with Crippen LogP contribution >= 0.6 is 0 Å². The van der Waals surface area contributed by atoms with E-state index in [1.807, 2.05) is 12.1 Å². The Morgan fingerprint density at radius 1 is 1.07 bits per heavy atom. The number of esters is 1. The molecule has 6 heterocycles. The number of hydrogen-bond acceptors (Lipinski definition) is 10. The summed E-state index contributed by atoms with van der Waals surface area (Å²) in [4.78, 5) is 33.6. The fourth-order valence-electron chi connectivity index (χ4n) is 6.22. The summed E-state index contributed by atoms with van der Waals surface area (Å²) in [6, 6.07) is 5.59. The zero-order valence-electron chi connectivity index (χ0n) is 22.5. The second-order valence-electron chi connectivity index (χ2n) is 10.7. The van der Waals surface area contributed by atoms with Crippen molar-refractivity contribution in [3.05, 3.63) is 50.8 Å². The Morgan fingerprint density at radius 2 is 1.88 bits per heavy atom. The van der Waals surface area contributed by atoms with Gasteiger partial charge in [-0.1, -0.05) is 6.92 Å². The van der Waals surface area contributed by atoms with E-state index in [2.05, 4.69) is 10.2 Å². The van der Waals surface area contributed by atoms with E-state index in [9.17, 15) is 14.7 Å². The summed E-state index contributed by atoms with van der Waals surface area (Å²) in [5, 5.41) is 15.8. The quantitative estimate of drug-likeness (QED) is 0.260. The smallest absolute Gasteiger partial charge is 0.343 e. The highest BCUT2D eigenvalue weighted by Crippen LogP contribution is 2.43. The highest BCUT2D eigenvalue weighted by molar-refractivity contribution is 5.91. The van der Waals surface area contributed by atoms with Crippen molar-refractivity contribution < 1.29 is 28.8 Å². The molecule has 4 aliphatic heterocycles. The largest absolute Gasteiger partial charge is 0.458 e. The number of ether oxygens (including phenoxy) is 4. The molecule has 2 N–H and O–H groups in total. The minimum absolute atomic E-state index is 0.100. The van der Waals surface area contributed by atoms with Crippen molar-refractivity contribution in [1.29, 1.82) is 0 Å². The minimum atomic E-state index is -1.86. The monoisotopic (exact) mass is 548 g/mol. The first-order valence-corrected chi connectivity index (χ1v) is 13.9. The van der Waals surface area contributed by atoms with Crippen molar-refractivity contribution in [1.82, 2.24) is 19.8 Å². The van der Waals surface area contributed by atoms with Crippen molar-refractivity contribution in [2.75, 3.05) is 46.2 Å². The molecule has 0 radical (unpaired) electrons. The third-order valence-corrected chi connectivity index (χ3v) is 8.53. The summed E-state index contributed by atoms with van der Waals surface area (Å²) >= 11 is 0. The van der Waals surface area contributed by atoms with E-state index in [1.165, 1.54) is 0 Å². The number of carbonyl (C=O) groups is 1. The van der Waals surface area contributed by atoms with Crippen LogP contribution in [0.25, 0.3) is 22.3 Å². The first kappa shape index (κ1) is 25.5. The second kappa shape index (κ2) is 9.84. The lowest BCUT2D eigenvalue weighted by molar-refractivity contribution is -0.172. The molecule has 11 heteroatoms. The predicted octanol–water partition coefficient (Wildman–Crippen LogP) is 1.62. The lowest BCUT2D eigenvalue weighted by atomic mass is 9.86. The van der Waals surface area contributed by atoms with Gasteiger partial charge in [-0.15, -0.1) is 0 Å². The molecule has 3 aromatic rings. The molecule has 1 fully saturated rings. The number of nitrogens with zero attached hydrogens (tertiary/aromatic N) is 3. The number of aliphatic hydroxyl groups is 1. The van der Waals surface area contributed by atoms with Crippen molar-refractivity contribution in [3.8, 4) is 22.9 Å². The second-order valence-corrected chi connectivity index (χ2v) is 10.7. The first-order chi connectivity index (χ1) is 19.5. The molecule has 1 aromatic carbocycles. The van der Waals surface area contributed by atoms with Gasteiger partial charge in [0.05, 0.1) is 42.2 Å². The maximum absolute atomic E-state index is 13.7. The highest BCUT2D eigenvalue weighted by atomic mass is 16.7. The first-order valence-electron chi connectivity index (χ1n) is 13.9. The molecule has 2 aromatic heterocycles. The number of hydrogen-bond donors (Lipinski definition) is 2. The van der Waals surface area contributed by atoms with Crippen LogP contribution < -0.4 is 20.3 Å². The minimum Gasteiger partial charge on any atom is -0.458 e. The van der Waals surface area contributed by atoms with Crippen LogP contribution in [0.1, 0.15) is 42.0 Å². The fourth-order valence-corrected chi connectivity index (χ4v) is 6.22. The SMILES string of the molecule is CC[C@@]1(O)C(=O)OCc2c1cc1n(c2=O)Cc2c-1nc1cc3c(cc1c2CNCCCN1CCOCC1)OCO3. The molecule has 0 aliphatic carbocycles. The Hall–Kier alpha value is -3.51. The zero-order valence-corrected chi connectivity index (χ0v) is 22.5. The topological polar surface area (TPSA) is 124 Å². The van der Waals surface area contributed by atoms with Crippen molar-refractivity contribution >= 4 is 16.9 Å². The number of nitrogens with one attached hydrogen (secondary N) is 1. The van der Waals surface area contributed by atoms with Gasteiger partial charge in [0, 0.05) is 42.2 Å². The van der Waals surface area contributed by atoms with Crippen LogP contribution in [0.2, 0.25) is 0 Å². The number of fused-ring (bicyclic) bond motifs is 6. The van der Waals surface area contributed by atoms with Gasteiger partial charge in [0.1, 0.15) is 6.61 Å². The summed E-state index contributed by atoms with van der Waals surface area (Å²) in [5.74, 6) is 0.578. The van der Waals surface area contributed by atoms with Crippen molar-refractivity contribution in [2.24, 2.45) is 0 Å². The molecule has 0 amide bonds. The van der Waals surface area contributed by atoms with Crippen LogP contribution in [0.5, 0.6) is 11.5 Å². The normalized spacial score (nSPS) is 21.3. The molecular formula is C29H32N4O7. The number of cyclic esters (lactones) is 1. The molecule has 0 saturated carbocycles. The summed E-state index contributed by atoms with van der Waals surface area (Å²) in [6.45, 7) is 8.01. The average molecular weight is 549 g/mol. The van der Waals surface area contributed by atoms with E-state index in [0.29, 0.717) is 47.1 Å². The van der Waals surface area contributed by atoms with Gasteiger partial charge >= 0.3 is 5.97 Å². The van der Waals surface area contributed by atoms with Crippen molar-refractivity contribution in [2.45, 2.75) is 45.1 Å². The highest BCUT2D eigenvalue weighted by Gasteiger charge is 2.45. The molecule has 1 saturated heterocycles. The van der Waals surface area contributed by atoms with E-state index < -0.39 is 11.6 Å². The number of pyridine rings is 2. The van der Waals surface area contributed by atoms with Gasteiger partial charge in [-0.25, -0.2) is 9.78 Å². The van der Waals surface area contributed by atoms with Crippen molar-refractivity contribution in [3.63, 3.8) is 0 Å². The Bertz CT molecular complexity index is 1580. The Kier molecular flexibility index (Phi) is 6.26.